The number of carbonyl (C=O) groups excluding carboxylic acids is 1. The lowest BCUT2D eigenvalue weighted by Gasteiger charge is -2.05. The van der Waals surface area contributed by atoms with Crippen molar-refractivity contribution in [3.63, 3.8) is 0 Å². The van der Waals surface area contributed by atoms with Gasteiger partial charge in [0.05, 0.1) is 5.92 Å². The molecule has 0 amide bonds. The van der Waals surface area contributed by atoms with Crippen LogP contribution in [0, 0.1) is 11.8 Å². The molecule has 1 radical (unpaired) electrons. The van der Waals surface area contributed by atoms with Crippen molar-refractivity contribution in [3.05, 3.63) is 0 Å². The standard InChI is InChI=1S/C6H11O2/c1-4(2)5(3)6(7)8/h4-5H,1-3H3. The van der Waals surface area contributed by atoms with E-state index in [2.05, 4.69) is 0 Å². The molecule has 0 rings (SSSR count). The fraction of sp³-hybridized carbons (Fsp3) is 0.833. The summed E-state index contributed by atoms with van der Waals surface area (Å²) in [6, 6.07) is 0. The number of carbonyl (C=O) groups is 1. The van der Waals surface area contributed by atoms with E-state index < -0.39 is 5.97 Å². The summed E-state index contributed by atoms with van der Waals surface area (Å²) in [7, 11) is 0. The fourth-order valence-electron chi connectivity index (χ4n) is 0.272. The SMILES string of the molecule is CC(C)C(C)C([O])=O. The van der Waals surface area contributed by atoms with Gasteiger partial charge in [0, 0.05) is 0 Å². The zero-order chi connectivity index (χ0) is 6.73. The predicted octanol–water partition coefficient (Wildman–Crippen LogP) is 1.24. The maximum absolute atomic E-state index is 10.0. The van der Waals surface area contributed by atoms with Gasteiger partial charge in [0.1, 0.15) is 0 Å². The molecule has 0 aliphatic rings. The fourth-order valence-corrected chi connectivity index (χ4v) is 0.272. The number of hydrogen-bond donors (Lipinski definition) is 0. The van der Waals surface area contributed by atoms with E-state index in [4.69, 9.17) is 0 Å². The van der Waals surface area contributed by atoms with E-state index in [1.54, 1.807) is 6.92 Å². The van der Waals surface area contributed by atoms with E-state index in [0.29, 0.717) is 0 Å². The lowest BCUT2D eigenvalue weighted by atomic mass is 9.99. The van der Waals surface area contributed by atoms with Crippen molar-refractivity contribution in [1.82, 2.24) is 0 Å². The molecule has 1 atom stereocenters. The third-order valence-corrected chi connectivity index (χ3v) is 1.37. The van der Waals surface area contributed by atoms with Crippen LogP contribution in [0.2, 0.25) is 0 Å². The summed E-state index contributed by atoms with van der Waals surface area (Å²) in [4.78, 5) is 10.0. The van der Waals surface area contributed by atoms with Gasteiger partial charge in [-0.2, -0.15) is 0 Å². The van der Waals surface area contributed by atoms with Crippen molar-refractivity contribution in [2.45, 2.75) is 20.8 Å². The minimum absolute atomic E-state index is 0.181. The Hall–Kier alpha value is -0.530. The molecular formula is C6H11O2. The molecule has 0 aliphatic heterocycles. The minimum Gasteiger partial charge on any atom is -0.247 e. The van der Waals surface area contributed by atoms with Crippen LogP contribution in [0.1, 0.15) is 20.8 Å². The first kappa shape index (κ1) is 7.47. The largest absolute Gasteiger partial charge is 0.358 e. The van der Waals surface area contributed by atoms with Gasteiger partial charge in [-0.15, -0.1) is 0 Å². The van der Waals surface area contributed by atoms with E-state index in [0.717, 1.165) is 0 Å². The molecular weight excluding hydrogens is 104 g/mol. The Labute approximate surface area is 49.5 Å². The summed E-state index contributed by atoms with van der Waals surface area (Å²) in [5.74, 6) is -1.10. The van der Waals surface area contributed by atoms with Crippen LogP contribution >= 0.6 is 0 Å². The third kappa shape index (κ3) is 1.96. The molecule has 0 N–H and O–H groups in total. The zero-order valence-electron chi connectivity index (χ0n) is 5.47. The van der Waals surface area contributed by atoms with Crippen LogP contribution in [0.25, 0.3) is 0 Å². The molecule has 0 aromatic carbocycles. The van der Waals surface area contributed by atoms with Crippen LogP contribution in [-0.4, -0.2) is 5.97 Å². The molecule has 0 saturated carbocycles. The maximum atomic E-state index is 10.0. The molecule has 2 nitrogen and oxygen atoms in total. The normalized spacial score (nSPS) is 14.0. The van der Waals surface area contributed by atoms with Crippen molar-refractivity contribution >= 4 is 5.97 Å². The Morgan fingerprint density at radius 3 is 1.62 bits per heavy atom. The Morgan fingerprint density at radius 2 is 1.62 bits per heavy atom. The van der Waals surface area contributed by atoms with Gasteiger partial charge in [0.2, 0.25) is 0 Å². The first-order valence-electron chi connectivity index (χ1n) is 2.76. The molecule has 47 valence electrons. The molecule has 0 heterocycles. The van der Waals surface area contributed by atoms with Crippen LogP contribution in [0.4, 0.5) is 0 Å². The molecule has 1 unspecified atom stereocenters. The number of rotatable bonds is 2. The predicted molar refractivity (Wildman–Crippen MR) is 29.7 cm³/mol. The third-order valence-electron chi connectivity index (χ3n) is 1.37. The monoisotopic (exact) mass is 115 g/mol. The molecule has 0 aliphatic carbocycles. The van der Waals surface area contributed by atoms with Crippen LogP contribution in [0.3, 0.4) is 0 Å². The quantitative estimate of drug-likeness (QED) is 0.533. The summed E-state index contributed by atoms with van der Waals surface area (Å²) < 4.78 is 0. The van der Waals surface area contributed by atoms with Gasteiger partial charge in [-0.25, -0.2) is 9.90 Å². The van der Waals surface area contributed by atoms with Crippen molar-refractivity contribution in [2.24, 2.45) is 11.8 Å². The molecule has 0 fully saturated rings. The highest BCUT2D eigenvalue weighted by Gasteiger charge is 2.15. The second kappa shape index (κ2) is 2.70. The van der Waals surface area contributed by atoms with Crippen LogP contribution < -0.4 is 0 Å². The van der Waals surface area contributed by atoms with Crippen molar-refractivity contribution < 1.29 is 9.90 Å². The lowest BCUT2D eigenvalue weighted by Crippen LogP contribution is -2.13. The minimum atomic E-state index is -0.958. The average Bonchev–Trinajstić information content (AvgIpc) is 1.64. The highest BCUT2D eigenvalue weighted by Crippen LogP contribution is 2.08. The smallest absolute Gasteiger partial charge is 0.247 e. The first-order valence-corrected chi connectivity index (χ1v) is 2.76. The van der Waals surface area contributed by atoms with E-state index in [1.807, 2.05) is 13.8 Å². The second-order valence-corrected chi connectivity index (χ2v) is 2.35. The van der Waals surface area contributed by atoms with Gasteiger partial charge in [-0.05, 0) is 5.92 Å². The molecule has 0 aromatic heterocycles. The Morgan fingerprint density at radius 1 is 1.25 bits per heavy atom. The van der Waals surface area contributed by atoms with Crippen LogP contribution in [0.5, 0.6) is 0 Å². The zero-order valence-corrected chi connectivity index (χ0v) is 5.47. The summed E-state index contributed by atoms with van der Waals surface area (Å²) in [5, 5.41) is 10.0. The van der Waals surface area contributed by atoms with Gasteiger partial charge in [-0.3, -0.25) is 0 Å². The average molecular weight is 115 g/mol. The van der Waals surface area contributed by atoms with Gasteiger partial charge >= 0.3 is 5.97 Å². The lowest BCUT2D eigenvalue weighted by molar-refractivity contribution is -0.148. The molecule has 8 heavy (non-hydrogen) atoms. The van der Waals surface area contributed by atoms with Crippen molar-refractivity contribution in [2.75, 3.05) is 0 Å². The van der Waals surface area contributed by atoms with Gasteiger partial charge in [0.15, 0.2) is 0 Å². The van der Waals surface area contributed by atoms with E-state index in [1.165, 1.54) is 0 Å². The summed E-state index contributed by atoms with van der Waals surface area (Å²) in [5.41, 5.74) is 0. The maximum Gasteiger partial charge on any atom is 0.358 e. The van der Waals surface area contributed by atoms with E-state index in [-0.39, 0.29) is 11.8 Å². The van der Waals surface area contributed by atoms with Gasteiger partial charge in [0.25, 0.3) is 0 Å². The number of hydrogen-bond acceptors (Lipinski definition) is 1. The van der Waals surface area contributed by atoms with Crippen LogP contribution in [-0.2, 0) is 9.90 Å². The highest BCUT2D eigenvalue weighted by atomic mass is 16.4. The van der Waals surface area contributed by atoms with Crippen molar-refractivity contribution in [3.8, 4) is 0 Å². The Bertz CT molecular complexity index is 86.5. The topological polar surface area (TPSA) is 37.0 Å². The van der Waals surface area contributed by atoms with E-state index >= 15 is 0 Å². The second-order valence-electron chi connectivity index (χ2n) is 2.35. The summed E-state index contributed by atoms with van der Waals surface area (Å²) in [6.07, 6.45) is 0. The molecule has 0 bridgehead atoms. The van der Waals surface area contributed by atoms with Crippen LogP contribution in [0.15, 0.2) is 0 Å². The Kier molecular flexibility index (Phi) is 2.52. The molecule has 0 spiro atoms. The van der Waals surface area contributed by atoms with Gasteiger partial charge in [-0.1, -0.05) is 20.8 Å². The van der Waals surface area contributed by atoms with Crippen molar-refractivity contribution in [1.29, 1.82) is 0 Å². The highest BCUT2D eigenvalue weighted by molar-refractivity contribution is 5.69. The molecule has 0 saturated heterocycles. The first-order chi connectivity index (χ1) is 3.55. The summed E-state index contributed by atoms with van der Waals surface area (Å²) >= 11 is 0. The van der Waals surface area contributed by atoms with E-state index in [9.17, 15) is 9.90 Å². The molecule has 0 aromatic rings. The summed E-state index contributed by atoms with van der Waals surface area (Å²) in [6.45, 7) is 5.38. The van der Waals surface area contributed by atoms with Gasteiger partial charge < -0.3 is 0 Å². The Balaban J connectivity index is 3.64. The molecule has 2 heteroatoms.